The normalized spacial score (nSPS) is 16.3. The van der Waals surface area contributed by atoms with E-state index in [1.54, 1.807) is 42.5 Å². The number of unbranched alkanes of at least 4 members (excludes halogenated alkanes) is 7. The van der Waals surface area contributed by atoms with Crippen LogP contribution in [0.3, 0.4) is 0 Å². The van der Waals surface area contributed by atoms with E-state index in [9.17, 15) is 39.2 Å². The Labute approximate surface area is 327 Å². The van der Waals surface area contributed by atoms with E-state index in [1.165, 1.54) is 18.9 Å². The average molecular weight is 800 g/mol. The molecule has 15 heteroatoms. The number of allylic oxidation sites excluding steroid dienone is 9. The molecule has 0 aromatic heterocycles. The Morgan fingerprint density at radius 2 is 1.31 bits per heavy atom. The van der Waals surface area contributed by atoms with E-state index in [4.69, 9.17) is 24.8 Å². The Morgan fingerprint density at radius 1 is 0.709 bits per heavy atom. The molecule has 0 aromatic carbocycles. The van der Waals surface area contributed by atoms with E-state index in [0.717, 1.165) is 44.9 Å². The molecule has 7 N–H and O–H groups in total. The molecule has 0 saturated heterocycles. The second kappa shape index (κ2) is 34.1. The third-order valence-electron chi connectivity index (χ3n) is 7.78. The van der Waals surface area contributed by atoms with Crippen molar-refractivity contribution in [3.63, 3.8) is 0 Å². The number of carbonyl (C=O) groups excluding carboxylic acids is 2. The number of hydrogen-bond donors (Lipinski definition) is 6. The molecule has 0 saturated carbocycles. The zero-order valence-corrected chi connectivity index (χ0v) is 33.5. The van der Waals surface area contributed by atoms with Crippen molar-refractivity contribution in [3.8, 4) is 0 Å². The molecule has 0 aliphatic carbocycles. The highest BCUT2D eigenvalue weighted by Crippen LogP contribution is 2.43. The van der Waals surface area contributed by atoms with Gasteiger partial charge in [0.05, 0.1) is 31.5 Å². The van der Waals surface area contributed by atoms with E-state index in [1.807, 2.05) is 19.1 Å². The molecule has 0 heterocycles. The number of nitrogens with two attached hydrogens (primary N) is 1. The quantitative estimate of drug-likeness (QED) is 0.0138. The van der Waals surface area contributed by atoms with Crippen LogP contribution in [0.15, 0.2) is 72.9 Å². The molecule has 1 unspecified atom stereocenters. The van der Waals surface area contributed by atoms with Crippen LogP contribution >= 0.6 is 7.82 Å². The summed E-state index contributed by atoms with van der Waals surface area (Å²) in [6.07, 6.45) is 27.9. The van der Waals surface area contributed by atoms with Crippen LogP contribution in [-0.4, -0.2) is 93.5 Å². The van der Waals surface area contributed by atoms with Gasteiger partial charge in [-0.1, -0.05) is 119 Å². The molecule has 0 spiro atoms. The molecule has 14 nitrogen and oxygen atoms in total. The maximum absolute atomic E-state index is 12.5. The molecule has 0 aliphatic heterocycles. The monoisotopic (exact) mass is 799 g/mol. The number of aliphatic hydroxyl groups excluding tert-OH is 3. The van der Waals surface area contributed by atoms with Crippen LogP contribution in [-0.2, 0) is 37.5 Å². The summed E-state index contributed by atoms with van der Waals surface area (Å²) in [6, 6.07) is -1.58. The molecule has 0 radical (unpaired) electrons. The van der Waals surface area contributed by atoms with Gasteiger partial charge in [-0.05, 0) is 51.4 Å². The van der Waals surface area contributed by atoms with Crippen LogP contribution in [0.1, 0.15) is 110 Å². The second-order valence-electron chi connectivity index (χ2n) is 12.9. The molecular weight excluding hydrogens is 733 g/mol. The first-order valence-corrected chi connectivity index (χ1v) is 20.8. The number of rotatable bonds is 34. The highest BCUT2D eigenvalue weighted by Gasteiger charge is 2.28. The fraction of sp³-hybridized carbons (Fsp3) is 0.625. The van der Waals surface area contributed by atoms with Gasteiger partial charge in [-0.25, -0.2) is 4.57 Å². The molecule has 55 heavy (non-hydrogen) atoms. The van der Waals surface area contributed by atoms with Crippen LogP contribution in [0.2, 0.25) is 0 Å². The molecule has 0 fully saturated rings. The second-order valence-corrected chi connectivity index (χ2v) is 14.3. The summed E-state index contributed by atoms with van der Waals surface area (Å²) in [5.74, 6) is -2.78. The number of phosphoric ester groups is 1. The van der Waals surface area contributed by atoms with Crippen molar-refractivity contribution in [2.75, 3.05) is 19.8 Å². The SMILES string of the molecule is CC/C=C\C[C@@H](O)/C=C/C=C/C=C\C=C/[C@H](O)[C@@H](O)CCCC(=O)OC[C@H](COP(=O)(O)OC[C@H](N)C(=O)O)OC(=O)CCCCCCC/C=C\CCCC. The lowest BCUT2D eigenvalue weighted by Gasteiger charge is -2.20. The minimum atomic E-state index is -4.80. The Balaban J connectivity index is 4.79. The van der Waals surface area contributed by atoms with Crippen molar-refractivity contribution in [2.24, 2.45) is 5.73 Å². The fourth-order valence-corrected chi connectivity index (χ4v) is 5.34. The zero-order valence-electron chi connectivity index (χ0n) is 32.6. The van der Waals surface area contributed by atoms with Gasteiger partial charge in [-0.2, -0.15) is 0 Å². The molecule has 0 bridgehead atoms. The number of ether oxygens (including phenoxy) is 2. The first-order valence-electron chi connectivity index (χ1n) is 19.3. The standard InChI is InChI=1S/C40H66NO13P/c1-3-5-7-8-9-10-11-12-13-18-22-28-39(46)54-34(31-52-55(49,50)53-32-35(41)40(47)48)30-51-38(45)29-23-27-37(44)36(43)26-21-17-15-14-16-20-25-33(42)24-19-6-4-2/h6,8-9,14-17,19-21,25-26,33-37,42-44H,3-5,7,10-13,18,22-24,27-32,41H2,1-2H3,(H,47,48)(H,49,50)/b9-8-,16-14+,17-15-,19-6-,25-20+,26-21-/t33-,34-,35+,36+,37+/m1/s1. The average Bonchev–Trinajstić information content (AvgIpc) is 3.14. The number of carboxylic acid groups (broad SMARTS) is 1. The van der Waals surface area contributed by atoms with Crippen molar-refractivity contribution in [3.05, 3.63) is 72.9 Å². The fourth-order valence-electron chi connectivity index (χ4n) is 4.56. The van der Waals surface area contributed by atoms with Crippen LogP contribution in [0.25, 0.3) is 0 Å². The van der Waals surface area contributed by atoms with Crippen molar-refractivity contribution < 1.29 is 62.8 Å². The minimum Gasteiger partial charge on any atom is -0.480 e. The molecule has 0 aliphatic rings. The van der Waals surface area contributed by atoms with Gasteiger partial charge >= 0.3 is 25.7 Å². The van der Waals surface area contributed by atoms with Gasteiger partial charge in [0.1, 0.15) is 12.6 Å². The van der Waals surface area contributed by atoms with E-state index in [0.29, 0.717) is 12.8 Å². The largest absolute Gasteiger partial charge is 0.480 e. The Bertz CT molecular complexity index is 1260. The van der Waals surface area contributed by atoms with E-state index in [-0.39, 0.29) is 25.7 Å². The number of esters is 2. The predicted octanol–water partition coefficient (Wildman–Crippen LogP) is 6.30. The predicted molar refractivity (Wildman–Crippen MR) is 212 cm³/mol. The molecule has 0 rings (SSSR count). The van der Waals surface area contributed by atoms with Crippen molar-refractivity contribution >= 4 is 25.7 Å². The van der Waals surface area contributed by atoms with Crippen molar-refractivity contribution in [1.82, 2.24) is 0 Å². The van der Waals surface area contributed by atoms with Crippen LogP contribution in [0.4, 0.5) is 0 Å². The Kier molecular flexibility index (Phi) is 32.1. The molecule has 0 amide bonds. The van der Waals surface area contributed by atoms with Gasteiger partial charge in [-0.15, -0.1) is 0 Å². The molecule has 314 valence electrons. The van der Waals surface area contributed by atoms with Crippen LogP contribution in [0.5, 0.6) is 0 Å². The highest BCUT2D eigenvalue weighted by atomic mass is 31.2. The molecule has 6 atom stereocenters. The topological polar surface area (TPSA) is 232 Å². The summed E-state index contributed by atoms with van der Waals surface area (Å²) >= 11 is 0. The number of phosphoric acid groups is 1. The van der Waals surface area contributed by atoms with E-state index in [2.05, 4.69) is 23.6 Å². The molecule has 0 aromatic rings. The number of carbonyl (C=O) groups is 3. The van der Waals surface area contributed by atoms with E-state index < -0.39 is 76.0 Å². The Hall–Kier alpha value is -3.20. The summed E-state index contributed by atoms with van der Waals surface area (Å²) < 4.78 is 32.3. The smallest absolute Gasteiger partial charge is 0.472 e. The van der Waals surface area contributed by atoms with Crippen molar-refractivity contribution in [2.45, 2.75) is 141 Å². The lowest BCUT2D eigenvalue weighted by atomic mass is 10.1. The van der Waals surface area contributed by atoms with Gasteiger partial charge in [-0.3, -0.25) is 23.4 Å². The van der Waals surface area contributed by atoms with Crippen LogP contribution in [0, 0.1) is 0 Å². The van der Waals surface area contributed by atoms with Gasteiger partial charge in [0.15, 0.2) is 6.10 Å². The first kappa shape index (κ1) is 51.8. The van der Waals surface area contributed by atoms with Gasteiger partial charge in [0, 0.05) is 12.8 Å². The molecular formula is C40H66NO13P. The van der Waals surface area contributed by atoms with Gasteiger partial charge < -0.3 is 40.5 Å². The Morgan fingerprint density at radius 3 is 1.98 bits per heavy atom. The van der Waals surface area contributed by atoms with Crippen molar-refractivity contribution in [1.29, 1.82) is 0 Å². The van der Waals surface area contributed by atoms with Gasteiger partial charge in [0.25, 0.3) is 0 Å². The lowest BCUT2D eigenvalue weighted by Crippen LogP contribution is -2.34. The third-order valence-corrected chi connectivity index (χ3v) is 8.73. The first-order chi connectivity index (χ1) is 26.3. The van der Waals surface area contributed by atoms with Gasteiger partial charge in [0.2, 0.25) is 0 Å². The summed E-state index contributed by atoms with van der Waals surface area (Å²) in [7, 11) is -4.80. The number of carboxylic acids is 1. The maximum atomic E-state index is 12.5. The van der Waals surface area contributed by atoms with E-state index >= 15 is 0 Å². The summed E-state index contributed by atoms with van der Waals surface area (Å²) in [5.41, 5.74) is 5.29. The minimum absolute atomic E-state index is 0.0725. The number of aliphatic hydroxyl groups is 3. The summed E-state index contributed by atoms with van der Waals surface area (Å²) in [6.45, 7) is 2.17. The lowest BCUT2D eigenvalue weighted by molar-refractivity contribution is -0.161. The summed E-state index contributed by atoms with van der Waals surface area (Å²) in [4.78, 5) is 45.8. The third kappa shape index (κ3) is 32.7. The maximum Gasteiger partial charge on any atom is 0.472 e. The number of aliphatic carboxylic acids is 1. The highest BCUT2D eigenvalue weighted by molar-refractivity contribution is 7.47. The number of hydrogen-bond acceptors (Lipinski definition) is 12. The summed E-state index contributed by atoms with van der Waals surface area (Å²) in [5, 5.41) is 39.2. The van der Waals surface area contributed by atoms with Crippen LogP contribution < -0.4 is 5.73 Å². The zero-order chi connectivity index (χ0) is 41.2.